The normalized spacial score (nSPS) is 15.8. The minimum atomic E-state index is -0.167. The summed E-state index contributed by atoms with van der Waals surface area (Å²) >= 11 is 6.51. The van der Waals surface area contributed by atoms with Crippen LogP contribution in [0.4, 0.5) is 5.69 Å². The van der Waals surface area contributed by atoms with Crippen LogP contribution in [-0.4, -0.2) is 58.9 Å². The summed E-state index contributed by atoms with van der Waals surface area (Å²) in [5.41, 5.74) is 3.01. The Bertz CT molecular complexity index is 1360. The number of nitrogens with one attached hydrogen (secondary N) is 2. The van der Waals surface area contributed by atoms with Gasteiger partial charge in [0.05, 0.1) is 21.6 Å². The Labute approximate surface area is 214 Å². The maximum atomic E-state index is 12.9. The highest BCUT2D eigenvalue weighted by molar-refractivity contribution is 6.33. The number of carbonyl (C=O) groups excluding carboxylic acids is 2. The zero-order valence-electron chi connectivity index (χ0n) is 20.3. The number of rotatable bonds is 7. The molecule has 2 amide bonds. The molecular formula is C27H30ClN5O3. The van der Waals surface area contributed by atoms with Crippen LogP contribution in [0.2, 0.25) is 5.02 Å². The second kappa shape index (κ2) is 10.3. The highest BCUT2D eigenvalue weighted by Gasteiger charge is 2.25. The molecule has 5 rings (SSSR count). The minimum Gasteiger partial charge on any atom is -0.367 e. The van der Waals surface area contributed by atoms with E-state index in [1.807, 2.05) is 30.0 Å². The molecule has 9 heteroatoms. The number of anilines is 1. The van der Waals surface area contributed by atoms with Crippen LogP contribution in [0.5, 0.6) is 0 Å². The smallest absolute Gasteiger partial charge is 0.258 e. The predicted molar refractivity (Wildman–Crippen MR) is 141 cm³/mol. The molecule has 1 aliphatic heterocycles. The summed E-state index contributed by atoms with van der Waals surface area (Å²) in [5, 5.41) is 4.09. The molecule has 2 N–H and O–H groups in total. The second-order valence-corrected chi connectivity index (χ2v) is 9.87. The summed E-state index contributed by atoms with van der Waals surface area (Å²) in [6.07, 6.45) is 3.54. The number of H-pyrrole nitrogens is 1. The topological polar surface area (TPSA) is 98.4 Å². The summed E-state index contributed by atoms with van der Waals surface area (Å²) in [7, 11) is 0. The highest BCUT2D eigenvalue weighted by atomic mass is 35.5. The maximum absolute atomic E-state index is 12.9. The van der Waals surface area contributed by atoms with Crippen LogP contribution in [0.3, 0.4) is 0 Å². The van der Waals surface area contributed by atoms with Gasteiger partial charge in [0.25, 0.3) is 11.5 Å². The van der Waals surface area contributed by atoms with E-state index in [-0.39, 0.29) is 23.8 Å². The fraction of sp³-hybridized carbons (Fsp3) is 0.407. The van der Waals surface area contributed by atoms with Crippen LogP contribution in [0.1, 0.15) is 47.9 Å². The molecule has 2 heterocycles. The summed E-state index contributed by atoms with van der Waals surface area (Å²) in [6.45, 7) is 4.52. The lowest BCUT2D eigenvalue weighted by Gasteiger charge is -2.36. The van der Waals surface area contributed by atoms with Gasteiger partial charge < -0.3 is 20.1 Å². The first-order chi connectivity index (χ1) is 17.4. The number of hydrogen-bond donors (Lipinski definition) is 2. The Balaban J connectivity index is 1.17. The van der Waals surface area contributed by atoms with Gasteiger partial charge >= 0.3 is 0 Å². The Kier molecular flexibility index (Phi) is 6.96. The van der Waals surface area contributed by atoms with Crippen LogP contribution in [0.15, 0.2) is 41.2 Å². The van der Waals surface area contributed by atoms with Crippen molar-refractivity contribution >= 4 is 40.0 Å². The largest absolute Gasteiger partial charge is 0.367 e. The fourth-order valence-corrected chi connectivity index (χ4v) is 4.95. The molecule has 8 nitrogen and oxygen atoms in total. The number of para-hydroxylation sites is 1. The standard InChI is InChI=1S/C27H30ClN5O3/c1-2-17-4-3-5-20-25(17)30-23(31-27(20)36)10-11-24(34)33-14-12-32(13-15-33)22-9-6-18(16-21(22)28)26(35)29-19-7-8-19/h3-6,9,16,19H,2,7-8,10-15H2,1H3,(H,29,35)(H,30,31,36). The van der Waals surface area contributed by atoms with Gasteiger partial charge in [0, 0.05) is 50.6 Å². The van der Waals surface area contributed by atoms with Crippen molar-refractivity contribution in [2.75, 3.05) is 31.1 Å². The first-order valence-electron chi connectivity index (χ1n) is 12.6. The Hall–Kier alpha value is -3.39. The number of aromatic amines is 1. The summed E-state index contributed by atoms with van der Waals surface area (Å²) < 4.78 is 0. The van der Waals surface area contributed by atoms with Gasteiger partial charge in [0.15, 0.2) is 0 Å². The average molecular weight is 508 g/mol. The van der Waals surface area contributed by atoms with Crippen molar-refractivity contribution in [3.63, 3.8) is 0 Å². The molecule has 1 aromatic heterocycles. The van der Waals surface area contributed by atoms with Gasteiger partial charge in [-0.25, -0.2) is 4.98 Å². The van der Waals surface area contributed by atoms with Gasteiger partial charge in [-0.1, -0.05) is 30.7 Å². The molecule has 2 aliphatic rings. The third kappa shape index (κ3) is 5.23. The van der Waals surface area contributed by atoms with Crippen LogP contribution >= 0.6 is 11.6 Å². The highest BCUT2D eigenvalue weighted by Crippen LogP contribution is 2.28. The number of amides is 2. The molecule has 0 unspecified atom stereocenters. The van der Waals surface area contributed by atoms with Crippen molar-refractivity contribution in [3.05, 3.63) is 68.7 Å². The van der Waals surface area contributed by atoms with E-state index in [0.717, 1.165) is 30.5 Å². The lowest BCUT2D eigenvalue weighted by molar-refractivity contribution is -0.131. The van der Waals surface area contributed by atoms with Crippen LogP contribution in [0, 0.1) is 0 Å². The van der Waals surface area contributed by atoms with Crippen molar-refractivity contribution < 1.29 is 9.59 Å². The van der Waals surface area contributed by atoms with Crippen molar-refractivity contribution in [3.8, 4) is 0 Å². The molecule has 188 valence electrons. The molecule has 0 radical (unpaired) electrons. The number of halogens is 1. The molecule has 0 atom stereocenters. The number of fused-ring (bicyclic) bond motifs is 1. The van der Waals surface area contributed by atoms with Crippen LogP contribution in [-0.2, 0) is 17.6 Å². The maximum Gasteiger partial charge on any atom is 0.258 e. The number of piperazine rings is 1. The van der Waals surface area contributed by atoms with E-state index in [1.54, 1.807) is 18.2 Å². The van der Waals surface area contributed by atoms with Gasteiger partial charge in [0.2, 0.25) is 5.91 Å². The second-order valence-electron chi connectivity index (χ2n) is 9.46. The molecule has 3 aromatic rings. The monoisotopic (exact) mass is 507 g/mol. The average Bonchev–Trinajstić information content (AvgIpc) is 3.71. The first kappa shape index (κ1) is 24.3. The van der Waals surface area contributed by atoms with E-state index in [0.29, 0.717) is 66.0 Å². The zero-order chi connectivity index (χ0) is 25.2. The number of nitrogens with zero attached hydrogens (tertiary/aromatic N) is 3. The number of benzene rings is 2. The summed E-state index contributed by atoms with van der Waals surface area (Å²) in [4.78, 5) is 49.1. The van der Waals surface area contributed by atoms with E-state index in [4.69, 9.17) is 11.6 Å². The fourth-order valence-electron chi connectivity index (χ4n) is 4.65. The van der Waals surface area contributed by atoms with E-state index < -0.39 is 0 Å². The molecule has 0 spiro atoms. The predicted octanol–water partition coefficient (Wildman–Crippen LogP) is 3.31. The van der Waals surface area contributed by atoms with E-state index >= 15 is 0 Å². The SMILES string of the molecule is CCc1cccc2c(=O)[nH]c(CCC(=O)N3CCN(c4ccc(C(=O)NC5CC5)cc4Cl)CC3)nc12. The van der Waals surface area contributed by atoms with Crippen LogP contribution < -0.4 is 15.8 Å². The lowest BCUT2D eigenvalue weighted by atomic mass is 10.1. The van der Waals surface area contributed by atoms with Crippen molar-refractivity contribution in [2.45, 2.75) is 45.1 Å². The van der Waals surface area contributed by atoms with Gasteiger partial charge in [0.1, 0.15) is 5.82 Å². The Morgan fingerprint density at radius 1 is 1.14 bits per heavy atom. The zero-order valence-corrected chi connectivity index (χ0v) is 21.1. The van der Waals surface area contributed by atoms with Crippen LogP contribution in [0.25, 0.3) is 10.9 Å². The minimum absolute atomic E-state index is 0.0411. The molecule has 1 aliphatic carbocycles. The van der Waals surface area contributed by atoms with Gasteiger partial charge in [-0.3, -0.25) is 14.4 Å². The van der Waals surface area contributed by atoms with E-state index in [2.05, 4.69) is 20.2 Å². The number of hydrogen-bond acceptors (Lipinski definition) is 5. The Morgan fingerprint density at radius 2 is 1.92 bits per heavy atom. The Morgan fingerprint density at radius 3 is 2.61 bits per heavy atom. The van der Waals surface area contributed by atoms with E-state index in [9.17, 15) is 14.4 Å². The molecule has 1 saturated heterocycles. The van der Waals surface area contributed by atoms with Crippen molar-refractivity contribution in [1.82, 2.24) is 20.2 Å². The summed E-state index contributed by atoms with van der Waals surface area (Å²) in [5.74, 6) is 0.492. The third-order valence-corrected chi connectivity index (χ3v) is 7.22. The number of carbonyl (C=O) groups is 2. The molecule has 1 saturated carbocycles. The third-order valence-electron chi connectivity index (χ3n) is 6.92. The van der Waals surface area contributed by atoms with E-state index in [1.165, 1.54) is 0 Å². The van der Waals surface area contributed by atoms with Gasteiger partial charge in [-0.2, -0.15) is 0 Å². The molecular weight excluding hydrogens is 478 g/mol. The van der Waals surface area contributed by atoms with Crippen molar-refractivity contribution in [2.24, 2.45) is 0 Å². The number of aromatic nitrogens is 2. The molecule has 2 fully saturated rings. The van der Waals surface area contributed by atoms with Crippen molar-refractivity contribution in [1.29, 1.82) is 0 Å². The molecule has 0 bridgehead atoms. The lowest BCUT2D eigenvalue weighted by Crippen LogP contribution is -2.49. The van der Waals surface area contributed by atoms with Gasteiger partial charge in [-0.15, -0.1) is 0 Å². The summed E-state index contributed by atoms with van der Waals surface area (Å²) in [6, 6.07) is 11.3. The first-order valence-corrected chi connectivity index (χ1v) is 12.9. The van der Waals surface area contributed by atoms with Gasteiger partial charge in [-0.05, 0) is 49.1 Å². The quantitative estimate of drug-likeness (QED) is 0.511. The number of aryl methyl sites for hydroxylation is 2. The molecule has 36 heavy (non-hydrogen) atoms. The molecule has 2 aromatic carbocycles.